The predicted molar refractivity (Wildman–Crippen MR) is 567 cm³/mol. The molecule has 718 valence electrons. The van der Waals surface area contributed by atoms with Gasteiger partial charge in [0.25, 0.3) is 0 Å². The number of hydrogen-bond donors (Lipinski definition) is 2. The lowest BCUT2D eigenvalue weighted by Crippen LogP contribution is -2.65. The summed E-state index contributed by atoms with van der Waals surface area (Å²) in [4.78, 5) is 104. The third-order valence-electron chi connectivity index (χ3n) is 36.8. The van der Waals surface area contributed by atoms with Crippen LogP contribution >= 0.6 is 0 Å². The number of nitrogens with zero attached hydrogens (tertiary/aromatic N) is 8. The van der Waals surface area contributed by atoms with E-state index in [1.807, 2.05) is 24.5 Å². The van der Waals surface area contributed by atoms with E-state index in [2.05, 4.69) is 336 Å². The highest BCUT2D eigenvalue weighted by molar-refractivity contribution is 6.20. The van der Waals surface area contributed by atoms with Crippen LogP contribution in [0.4, 0.5) is 0 Å². The number of esters is 2. The van der Waals surface area contributed by atoms with Crippen LogP contribution in [0.25, 0.3) is 146 Å². The van der Waals surface area contributed by atoms with Crippen molar-refractivity contribution in [2.24, 2.45) is 71.0 Å². The van der Waals surface area contributed by atoms with Crippen LogP contribution in [0.3, 0.4) is 0 Å². The number of ether oxygens (including phenoxy) is 3. The van der Waals surface area contributed by atoms with Gasteiger partial charge in [0.15, 0.2) is 17.0 Å². The van der Waals surface area contributed by atoms with Gasteiger partial charge >= 0.3 is 11.9 Å². The van der Waals surface area contributed by atoms with Crippen LogP contribution < -0.4 is 0 Å². The van der Waals surface area contributed by atoms with Crippen molar-refractivity contribution >= 4 is 119 Å². The number of benzene rings is 6. The molecule has 141 heavy (non-hydrogen) atoms. The van der Waals surface area contributed by atoms with Crippen LogP contribution in [0.2, 0.25) is 0 Å². The number of methoxy groups -OCH3 is 2. The second-order valence-electron chi connectivity index (χ2n) is 52.9. The molecule has 9 aliphatic carbocycles. The van der Waals surface area contributed by atoms with E-state index in [0.29, 0.717) is 33.1 Å². The molecule has 11 heterocycles. The molecular weight excluding hydrogens is 1740 g/mol. The minimum absolute atomic E-state index is 0.0348. The first kappa shape index (κ1) is 90.3. The van der Waals surface area contributed by atoms with E-state index in [0.717, 1.165) is 147 Å². The molecule has 18 bridgehead atoms. The van der Waals surface area contributed by atoms with Gasteiger partial charge in [-0.15, -0.1) is 0 Å². The fourth-order valence-electron chi connectivity index (χ4n) is 30.5. The number of H-pyrrole nitrogens is 2. The van der Waals surface area contributed by atoms with Crippen LogP contribution in [-0.2, 0) is 82.7 Å². The smallest absolute Gasteiger partial charge is 0.338 e. The number of carbonyl (C=O) groups excluding carboxylic acids is 3. The Kier molecular flexibility index (Phi) is 18.4. The Morgan fingerprint density at radius 2 is 0.652 bits per heavy atom. The Labute approximate surface area is 827 Å². The van der Waals surface area contributed by atoms with Gasteiger partial charge in [-0.2, -0.15) is 0 Å². The number of nitrogens with one attached hydrogen (secondary N) is 2. The number of carbonyl (C=O) groups is 3. The van der Waals surface area contributed by atoms with Crippen molar-refractivity contribution in [1.29, 1.82) is 0 Å². The highest BCUT2D eigenvalue weighted by atomic mass is 16.6. The van der Waals surface area contributed by atoms with Crippen LogP contribution in [-0.4, -0.2) is 93.0 Å². The van der Waals surface area contributed by atoms with Gasteiger partial charge in [0, 0.05) is 92.0 Å². The van der Waals surface area contributed by atoms with E-state index in [1.54, 1.807) is 0 Å². The quantitative estimate of drug-likeness (QED) is 0.0521. The molecule has 2 N–H and O–H groups in total. The average molecular weight is 1870 g/mol. The molecule has 13 aliphatic rings. The van der Waals surface area contributed by atoms with Gasteiger partial charge < -0.3 is 24.2 Å². The average Bonchev–Trinajstić information content (AvgIpc) is 1.42. The molecule has 26 rings (SSSR count). The molecule has 12 unspecified atom stereocenters. The van der Waals surface area contributed by atoms with Crippen LogP contribution in [0.1, 0.15) is 294 Å². The minimum Gasteiger partial charge on any atom is -0.467 e. The normalized spacial score (nSPS) is 28.0. The highest BCUT2D eigenvalue weighted by Gasteiger charge is 2.94. The summed E-state index contributed by atoms with van der Waals surface area (Å²) >= 11 is 0. The number of allylic oxidation sites excluding steroid dienone is 2. The van der Waals surface area contributed by atoms with E-state index < -0.39 is 45.8 Å². The molecule has 0 spiro atoms. The van der Waals surface area contributed by atoms with Gasteiger partial charge in [-0.25, -0.2) is 39.5 Å². The summed E-state index contributed by atoms with van der Waals surface area (Å²) in [6, 6.07) is 45.8. The monoisotopic (exact) mass is 1870 g/mol. The molecule has 16 nitrogen and oxygen atoms in total. The first-order valence-corrected chi connectivity index (χ1v) is 51.7. The van der Waals surface area contributed by atoms with Crippen molar-refractivity contribution in [1.82, 2.24) is 49.8 Å². The van der Waals surface area contributed by atoms with Gasteiger partial charge in [0.2, 0.25) is 0 Å². The minimum atomic E-state index is -1.49. The number of fused-ring (bicyclic) bond motifs is 44. The topological polar surface area (TPSA) is 214 Å². The number of ketones is 1. The van der Waals surface area contributed by atoms with Crippen molar-refractivity contribution in [2.45, 2.75) is 270 Å². The van der Waals surface area contributed by atoms with Crippen LogP contribution in [0.5, 0.6) is 0 Å². The van der Waals surface area contributed by atoms with E-state index in [1.165, 1.54) is 58.7 Å². The lowest BCUT2D eigenvalue weighted by molar-refractivity contribution is -0.188. The zero-order valence-corrected chi connectivity index (χ0v) is 87.2. The summed E-state index contributed by atoms with van der Waals surface area (Å²) in [5.74, 6) is -3.14. The number of aromatic amines is 2. The summed E-state index contributed by atoms with van der Waals surface area (Å²) in [7, 11) is 3.00. The van der Waals surface area contributed by atoms with Crippen molar-refractivity contribution in [3.05, 3.63) is 236 Å². The Bertz CT molecular complexity index is 7550. The van der Waals surface area contributed by atoms with E-state index in [9.17, 15) is 0 Å². The number of Topliss-reactive ketones (excluding diaryl/α,β-unsaturated/α-hetero) is 1. The summed E-state index contributed by atoms with van der Waals surface area (Å²) in [5, 5.41) is 1.91. The summed E-state index contributed by atoms with van der Waals surface area (Å²) in [6.07, 6.45) is 19.0. The number of pyridine rings is 2. The van der Waals surface area contributed by atoms with Crippen LogP contribution in [0, 0.1) is 71.0 Å². The third-order valence-corrected chi connectivity index (χ3v) is 36.8. The molecule has 2 saturated heterocycles. The standard InChI is InChI=1S/C125H132N10O6/c1-114(2,3)63-43-59(44-64(51-63)115(4,5)6)89-79-35-36-80(128-79)90(60-45-65(116(7,8)9)52-66(46-60)117(10,11)12)82-38-40-84(130-82)92(62-49-69(120(19,20)21)54-70(50-62)121(22,23)24)108-110-109(107(135-108)91(83-39-37-81(89)129-83)61-47-67(118(13,14)15)53-68(48-61)119(16,17)18)133-87-57-85-86(58-88(87)134-110)132-106-72-34-33-71(105(106)131-85)93-75-55-76(94(72)93)100-99(75)124(112(137)139-27)101-77-56-78(102(101)125(100,141-124)113(138)140-28)98-97(77)122(25)95-73-31-29-41-126-103(73)104-74(32-30-42-127-104)96(95)123(98,26)111(122)136/h29-54,57-58,71-72,75-78,93-94,97-102,128,135H,55-56H2,1-28H3/t71-,72+,75+,76?,77-,78?,93?,94?,97?,98?,99?,100?,101?,102?,122-,123?,124+,125?/m0/s1. The molecule has 0 amide bonds. The zero-order chi connectivity index (χ0) is 99.2. The predicted octanol–water partition coefficient (Wildman–Crippen LogP) is 27.5. The Hall–Kier alpha value is -12.0. The molecular formula is C125H132N10O6. The zero-order valence-electron chi connectivity index (χ0n) is 87.2. The molecule has 16 heteroatoms. The first-order valence-electron chi connectivity index (χ1n) is 51.7. The number of aromatic nitrogens is 10. The second-order valence-corrected chi connectivity index (χ2v) is 52.9. The van der Waals surface area contributed by atoms with Crippen molar-refractivity contribution in [3.63, 3.8) is 0 Å². The fourth-order valence-corrected chi connectivity index (χ4v) is 30.5. The van der Waals surface area contributed by atoms with Crippen LogP contribution in [0.15, 0.2) is 146 Å². The molecule has 5 saturated carbocycles. The molecule has 13 aromatic rings. The molecule has 4 aliphatic heterocycles. The van der Waals surface area contributed by atoms with E-state index >= 15 is 14.4 Å². The van der Waals surface area contributed by atoms with E-state index in [4.69, 9.17) is 54.1 Å². The largest absolute Gasteiger partial charge is 0.467 e. The van der Waals surface area contributed by atoms with Gasteiger partial charge in [-0.1, -0.05) is 263 Å². The van der Waals surface area contributed by atoms with Crippen molar-refractivity contribution in [3.8, 4) is 44.5 Å². The molecule has 7 aromatic heterocycles. The maximum Gasteiger partial charge on any atom is 0.338 e. The Morgan fingerprint density at radius 3 is 0.972 bits per heavy atom. The number of hydrogen-bond acceptors (Lipinski definition) is 14. The Morgan fingerprint density at radius 1 is 0.355 bits per heavy atom. The maximum absolute atomic E-state index is 16.3. The van der Waals surface area contributed by atoms with E-state index in [-0.39, 0.29) is 120 Å². The SMILES string of the molecule is COC(=O)C12O[C@](C(=O)OC)(C3C1C1C[C@@H]3C3C1[C@H]1C=C[C@@H]3c3nc4cc5nc6c7[nH]c(c(-c8cc(C(C)(C)C)cc(C(C)(C)C)c8)c8nc(c(-c9cc(C(C)(C)C)cc(C(C)(C)C)c9)c9ccc([nH]9)c(-c9cc(C(C)(C)C)cc(C(C)(C)C)c9)c9nc(c7-c7cc(C(C)(C)C)cc(C(C)(C)C)c7)C=C9)C=C8)c6nc5cc4nc31)C1C2C2C[C@H]1C1C2C2(C)C(=O)[C@@]1(C)c1c2c2cccnc2c2ncccc12. The summed E-state index contributed by atoms with van der Waals surface area (Å²) in [5.41, 5.74) is 26.8. The van der Waals surface area contributed by atoms with Gasteiger partial charge in [0.1, 0.15) is 11.0 Å². The maximum atomic E-state index is 16.3. The lowest BCUT2D eigenvalue weighted by atomic mass is 9.42. The summed E-state index contributed by atoms with van der Waals surface area (Å²) in [6.45, 7) is 60.0. The van der Waals surface area contributed by atoms with Gasteiger partial charge in [-0.3, -0.25) is 14.8 Å². The molecule has 7 fully saturated rings. The van der Waals surface area contributed by atoms with Crippen molar-refractivity contribution < 1.29 is 28.6 Å². The van der Waals surface area contributed by atoms with Gasteiger partial charge in [0.05, 0.1) is 103 Å². The molecule has 6 aromatic carbocycles. The fraction of sp³-hybridized carbons (Fsp3) is 0.448. The molecule has 18 atom stereocenters. The van der Waals surface area contributed by atoms with Crippen molar-refractivity contribution in [2.75, 3.05) is 14.2 Å². The third kappa shape index (κ3) is 12.2. The first-order chi connectivity index (χ1) is 66.3. The van der Waals surface area contributed by atoms with Gasteiger partial charge in [-0.05, 0) is 256 Å². The number of rotatable bonds is 6. The second kappa shape index (κ2) is 28.7. The highest BCUT2D eigenvalue weighted by Crippen LogP contribution is 2.88. The molecule has 0 radical (unpaired) electrons. The Balaban J connectivity index is 0.739. The summed E-state index contributed by atoms with van der Waals surface area (Å²) < 4.78 is 20.4. The lowest BCUT2D eigenvalue weighted by Gasteiger charge is -2.58.